The van der Waals surface area contributed by atoms with E-state index < -0.39 is 0 Å². The molecule has 0 saturated heterocycles. The fourth-order valence-corrected chi connectivity index (χ4v) is 2.99. The molecule has 0 atom stereocenters. The first kappa shape index (κ1) is 14.5. The molecule has 4 aromatic rings. The van der Waals surface area contributed by atoms with Crippen molar-refractivity contribution in [2.45, 2.75) is 6.92 Å². The second kappa shape index (κ2) is 5.52. The highest BCUT2D eigenvalue weighted by atomic mass is 35.5. The predicted octanol–water partition coefficient (Wildman–Crippen LogP) is 4.25. The lowest BCUT2D eigenvalue weighted by Gasteiger charge is -2.09. The number of H-pyrrole nitrogens is 1. The van der Waals surface area contributed by atoms with Crippen LogP contribution in [-0.2, 0) is 0 Å². The number of hydrogen-bond donors (Lipinski definition) is 1. The largest absolute Gasteiger partial charge is 0.346 e. The highest BCUT2D eigenvalue weighted by Gasteiger charge is 2.14. The maximum atomic E-state index is 9.53. The minimum Gasteiger partial charge on any atom is -0.346 e. The second-order valence-electron chi connectivity index (χ2n) is 5.49. The molecule has 3 heterocycles. The average Bonchev–Trinajstić information content (AvgIpc) is 3.23. The molecule has 6 heteroatoms. The van der Waals surface area contributed by atoms with Crippen LogP contribution in [-0.4, -0.2) is 19.5 Å². The van der Waals surface area contributed by atoms with Gasteiger partial charge in [-0.3, -0.25) is 0 Å². The average molecular weight is 334 g/mol. The number of benzene rings is 1. The van der Waals surface area contributed by atoms with Crippen molar-refractivity contribution in [1.29, 1.82) is 5.26 Å². The van der Waals surface area contributed by atoms with Gasteiger partial charge in [-0.05, 0) is 36.8 Å². The highest BCUT2D eigenvalue weighted by molar-refractivity contribution is 6.30. The summed E-state index contributed by atoms with van der Waals surface area (Å²) in [4.78, 5) is 11.7. The van der Waals surface area contributed by atoms with E-state index in [9.17, 15) is 5.26 Å². The molecule has 0 amide bonds. The van der Waals surface area contributed by atoms with Crippen molar-refractivity contribution in [3.63, 3.8) is 0 Å². The number of aromatic amines is 1. The summed E-state index contributed by atoms with van der Waals surface area (Å²) < 4.78 is 1.84. The summed E-state index contributed by atoms with van der Waals surface area (Å²) in [7, 11) is 0. The van der Waals surface area contributed by atoms with E-state index in [0.29, 0.717) is 10.7 Å². The van der Waals surface area contributed by atoms with Gasteiger partial charge in [-0.15, -0.1) is 0 Å². The number of halogens is 1. The van der Waals surface area contributed by atoms with Gasteiger partial charge in [-0.1, -0.05) is 17.7 Å². The van der Waals surface area contributed by atoms with E-state index in [1.165, 1.54) is 6.33 Å². The van der Waals surface area contributed by atoms with Gasteiger partial charge in [0, 0.05) is 28.4 Å². The number of nitriles is 1. The standard InChI is InChI=1S/C18H12ClN5/c1-11-2-3-13(19)7-16(11)24-9-12(6-14(24)8-20)17-15-4-5-21-18(15)23-10-22-17/h2-7,9-10H,1H3,(H,21,22,23). The van der Waals surface area contributed by atoms with Gasteiger partial charge in [0.05, 0.1) is 11.4 Å². The summed E-state index contributed by atoms with van der Waals surface area (Å²) in [6.45, 7) is 1.99. The second-order valence-corrected chi connectivity index (χ2v) is 5.93. The maximum absolute atomic E-state index is 9.53. The topological polar surface area (TPSA) is 70.3 Å². The van der Waals surface area contributed by atoms with Crippen LogP contribution in [0.1, 0.15) is 11.3 Å². The molecular formula is C18H12ClN5. The molecule has 24 heavy (non-hydrogen) atoms. The van der Waals surface area contributed by atoms with Crippen molar-refractivity contribution in [2.24, 2.45) is 0 Å². The first-order chi connectivity index (χ1) is 11.7. The Balaban J connectivity index is 1.95. The molecule has 0 radical (unpaired) electrons. The summed E-state index contributed by atoms with van der Waals surface area (Å²) in [5.74, 6) is 0. The number of aryl methyl sites for hydroxylation is 1. The van der Waals surface area contributed by atoms with Crippen LogP contribution in [0.4, 0.5) is 0 Å². The Hall–Kier alpha value is -3.10. The van der Waals surface area contributed by atoms with E-state index >= 15 is 0 Å². The molecule has 0 aliphatic rings. The Morgan fingerprint density at radius 3 is 2.92 bits per heavy atom. The van der Waals surface area contributed by atoms with Crippen molar-refractivity contribution in [3.8, 4) is 23.0 Å². The molecule has 0 aliphatic carbocycles. The quantitative estimate of drug-likeness (QED) is 0.596. The number of rotatable bonds is 2. The van der Waals surface area contributed by atoms with Crippen LogP contribution >= 0.6 is 11.6 Å². The van der Waals surface area contributed by atoms with E-state index in [0.717, 1.165) is 33.5 Å². The fraction of sp³-hybridized carbons (Fsp3) is 0.0556. The van der Waals surface area contributed by atoms with Crippen molar-refractivity contribution in [3.05, 3.63) is 65.3 Å². The maximum Gasteiger partial charge on any atom is 0.141 e. The molecule has 3 aromatic heterocycles. The Morgan fingerprint density at radius 1 is 1.21 bits per heavy atom. The van der Waals surface area contributed by atoms with Crippen LogP contribution in [0, 0.1) is 18.3 Å². The van der Waals surface area contributed by atoms with Crippen LogP contribution in [0.25, 0.3) is 28.0 Å². The van der Waals surface area contributed by atoms with Gasteiger partial charge in [-0.2, -0.15) is 5.26 Å². The highest BCUT2D eigenvalue weighted by Crippen LogP contribution is 2.29. The van der Waals surface area contributed by atoms with Gasteiger partial charge >= 0.3 is 0 Å². The van der Waals surface area contributed by atoms with Gasteiger partial charge in [0.1, 0.15) is 23.7 Å². The fourth-order valence-electron chi connectivity index (χ4n) is 2.82. The lowest BCUT2D eigenvalue weighted by molar-refractivity contribution is 1.03. The third-order valence-electron chi connectivity index (χ3n) is 3.99. The van der Waals surface area contributed by atoms with Crippen LogP contribution in [0.5, 0.6) is 0 Å². The van der Waals surface area contributed by atoms with Crippen molar-refractivity contribution >= 4 is 22.6 Å². The van der Waals surface area contributed by atoms with Gasteiger partial charge in [-0.25, -0.2) is 9.97 Å². The van der Waals surface area contributed by atoms with Crippen molar-refractivity contribution in [1.82, 2.24) is 19.5 Å². The lowest BCUT2D eigenvalue weighted by atomic mass is 10.1. The first-order valence-electron chi connectivity index (χ1n) is 7.35. The molecular weight excluding hydrogens is 322 g/mol. The molecule has 0 saturated carbocycles. The first-order valence-corrected chi connectivity index (χ1v) is 7.72. The van der Waals surface area contributed by atoms with Crippen LogP contribution < -0.4 is 0 Å². The summed E-state index contributed by atoms with van der Waals surface area (Å²) in [6, 6.07) is 11.6. The number of nitrogens with zero attached hydrogens (tertiary/aromatic N) is 4. The van der Waals surface area contributed by atoms with Gasteiger partial charge in [0.25, 0.3) is 0 Å². The summed E-state index contributed by atoms with van der Waals surface area (Å²) in [6.07, 6.45) is 5.25. The van der Waals surface area contributed by atoms with Crippen molar-refractivity contribution in [2.75, 3.05) is 0 Å². The van der Waals surface area contributed by atoms with Gasteiger partial charge < -0.3 is 9.55 Å². The van der Waals surface area contributed by atoms with Crippen LogP contribution in [0.15, 0.2) is 49.1 Å². The summed E-state index contributed by atoms with van der Waals surface area (Å²) in [5.41, 5.74) is 4.86. The molecule has 0 unspecified atom stereocenters. The number of hydrogen-bond acceptors (Lipinski definition) is 3. The zero-order valence-corrected chi connectivity index (χ0v) is 13.5. The predicted molar refractivity (Wildman–Crippen MR) is 93.1 cm³/mol. The Labute approximate surface area is 143 Å². The number of aromatic nitrogens is 4. The molecule has 0 aliphatic heterocycles. The zero-order valence-electron chi connectivity index (χ0n) is 12.8. The van der Waals surface area contributed by atoms with Gasteiger partial charge in [0.2, 0.25) is 0 Å². The van der Waals surface area contributed by atoms with E-state index in [1.54, 1.807) is 0 Å². The third kappa shape index (κ3) is 2.25. The molecule has 5 nitrogen and oxygen atoms in total. The summed E-state index contributed by atoms with van der Waals surface area (Å²) >= 11 is 6.13. The monoisotopic (exact) mass is 333 g/mol. The van der Waals surface area contributed by atoms with Gasteiger partial charge in [0.15, 0.2) is 0 Å². The lowest BCUT2D eigenvalue weighted by Crippen LogP contribution is -1.98. The Kier molecular flexibility index (Phi) is 3.33. The number of fused-ring (bicyclic) bond motifs is 1. The zero-order chi connectivity index (χ0) is 16.7. The molecule has 1 N–H and O–H groups in total. The minimum atomic E-state index is 0.526. The molecule has 0 spiro atoms. The minimum absolute atomic E-state index is 0.526. The molecule has 0 bridgehead atoms. The molecule has 116 valence electrons. The van der Waals surface area contributed by atoms with Crippen LogP contribution in [0.2, 0.25) is 5.02 Å². The molecule has 4 rings (SSSR count). The van der Waals surface area contributed by atoms with E-state index in [2.05, 4.69) is 21.0 Å². The third-order valence-corrected chi connectivity index (χ3v) is 4.23. The Bertz CT molecular complexity index is 1100. The molecule has 1 aromatic carbocycles. The van der Waals surface area contributed by atoms with Crippen molar-refractivity contribution < 1.29 is 0 Å². The summed E-state index contributed by atoms with van der Waals surface area (Å²) in [5, 5.41) is 11.1. The number of nitrogens with one attached hydrogen (secondary N) is 1. The SMILES string of the molecule is Cc1ccc(Cl)cc1-n1cc(-c2ncnc3[nH]ccc23)cc1C#N. The van der Waals surface area contributed by atoms with E-state index in [-0.39, 0.29) is 0 Å². The normalized spacial score (nSPS) is 10.9. The smallest absolute Gasteiger partial charge is 0.141 e. The van der Waals surface area contributed by atoms with E-state index in [4.69, 9.17) is 11.6 Å². The molecule has 0 fully saturated rings. The van der Waals surface area contributed by atoms with Crippen LogP contribution in [0.3, 0.4) is 0 Å². The van der Waals surface area contributed by atoms with E-state index in [1.807, 2.05) is 54.2 Å². The Morgan fingerprint density at radius 2 is 2.08 bits per heavy atom.